The molecule has 0 aromatic carbocycles. The molecule has 1 aliphatic heterocycles. The number of carbonyl (C=O) groups is 3. The highest BCUT2D eigenvalue weighted by atomic mass is 16.6. The van der Waals surface area contributed by atoms with E-state index in [0.29, 0.717) is 13.0 Å². The van der Waals surface area contributed by atoms with Gasteiger partial charge in [0, 0.05) is 25.5 Å². The quantitative estimate of drug-likeness (QED) is 0.612. The number of likely N-dealkylation sites (tertiary alicyclic amines) is 1. The predicted octanol–water partition coefficient (Wildman–Crippen LogP) is 4.42. The maximum atomic E-state index is 13.2. The van der Waals surface area contributed by atoms with Crippen molar-refractivity contribution in [3.05, 3.63) is 12.4 Å². The first-order chi connectivity index (χ1) is 14.5. The number of hydrogen-bond acceptors (Lipinski definition) is 7. The van der Waals surface area contributed by atoms with E-state index < -0.39 is 41.1 Å². The molecule has 1 aromatic rings. The first-order valence-corrected chi connectivity index (χ1v) is 10.7. The van der Waals surface area contributed by atoms with Gasteiger partial charge in [0.05, 0.1) is 6.04 Å². The molecule has 0 bridgehead atoms. The molecule has 1 aromatic heterocycles. The molecular formula is C22H36N4O6. The number of carbonyl (C=O) groups excluding carboxylic acids is 3. The molecule has 10 nitrogen and oxygen atoms in total. The van der Waals surface area contributed by atoms with Gasteiger partial charge in [-0.15, -0.1) is 0 Å². The summed E-state index contributed by atoms with van der Waals surface area (Å²) in [5, 5.41) is 0. The molecule has 10 heteroatoms. The third-order valence-electron chi connectivity index (χ3n) is 4.20. The number of anilines is 1. The number of rotatable bonds is 2. The number of imidazole rings is 1. The largest absolute Gasteiger partial charge is 0.444 e. The van der Waals surface area contributed by atoms with Crippen molar-refractivity contribution in [1.29, 1.82) is 0 Å². The zero-order chi connectivity index (χ0) is 24.5. The Morgan fingerprint density at radius 3 is 1.97 bits per heavy atom. The minimum Gasteiger partial charge on any atom is -0.444 e. The van der Waals surface area contributed by atoms with Gasteiger partial charge in [-0.3, -0.25) is 0 Å². The van der Waals surface area contributed by atoms with Crippen LogP contribution in [0.2, 0.25) is 0 Å². The summed E-state index contributed by atoms with van der Waals surface area (Å²) < 4.78 is 17.7. The molecule has 1 fully saturated rings. The Bertz CT molecular complexity index is 844. The summed E-state index contributed by atoms with van der Waals surface area (Å²) in [5.41, 5.74) is -2.12. The number of aromatic nitrogens is 2. The van der Waals surface area contributed by atoms with Gasteiger partial charge in [0.1, 0.15) is 16.8 Å². The van der Waals surface area contributed by atoms with Crippen LogP contribution in [0.5, 0.6) is 0 Å². The topological polar surface area (TPSA) is 103 Å². The van der Waals surface area contributed by atoms with E-state index in [0.717, 1.165) is 0 Å². The molecule has 1 saturated heterocycles. The van der Waals surface area contributed by atoms with E-state index in [2.05, 4.69) is 4.98 Å². The fourth-order valence-corrected chi connectivity index (χ4v) is 3.08. The van der Waals surface area contributed by atoms with E-state index in [1.165, 1.54) is 26.8 Å². The zero-order valence-electron chi connectivity index (χ0n) is 20.6. The van der Waals surface area contributed by atoms with Crippen molar-refractivity contribution in [3.63, 3.8) is 0 Å². The molecule has 1 aliphatic rings. The Balaban J connectivity index is 2.34. The molecule has 0 N–H and O–H groups in total. The Morgan fingerprint density at radius 1 is 0.906 bits per heavy atom. The summed E-state index contributed by atoms with van der Waals surface area (Å²) in [5.74, 6) is 0.0736. The average molecular weight is 453 g/mol. The number of hydrogen-bond donors (Lipinski definition) is 0. The van der Waals surface area contributed by atoms with E-state index in [1.54, 1.807) is 62.3 Å². The van der Waals surface area contributed by atoms with E-state index in [-0.39, 0.29) is 12.5 Å². The lowest BCUT2D eigenvalue weighted by atomic mass is 10.2. The van der Waals surface area contributed by atoms with Crippen LogP contribution in [0.4, 0.5) is 20.3 Å². The molecule has 2 rings (SSSR count). The Labute approximate surface area is 189 Å². The highest BCUT2D eigenvalue weighted by molar-refractivity contribution is 5.89. The number of nitrogens with zero attached hydrogens (tertiary/aromatic N) is 4. The van der Waals surface area contributed by atoms with Crippen molar-refractivity contribution in [1.82, 2.24) is 14.5 Å². The smallest absolute Gasteiger partial charge is 0.421 e. The van der Waals surface area contributed by atoms with E-state index in [1.807, 2.05) is 0 Å². The van der Waals surface area contributed by atoms with Crippen LogP contribution in [0.1, 0.15) is 68.7 Å². The fraction of sp³-hybridized carbons (Fsp3) is 0.727. The Kier molecular flexibility index (Phi) is 7.16. The molecule has 32 heavy (non-hydrogen) atoms. The van der Waals surface area contributed by atoms with Crippen LogP contribution in [0, 0.1) is 0 Å². The summed E-state index contributed by atoms with van der Waals surface area (Å²) >= 11 is 0. The molecule has 1 atom stereocenters. The highest BCUT2D eigenvalue weighted by Crippen LogP contribution is 2.26. The second-order valence-corrected chi connectivity index (χ2v) is 10.8. The van der Waals surface area contributed by atoms with Gasteiger partial charge in [-0.05, 0) is 68.7 Å². The van der Waals surface area contributed by atoms with Crippen LogP contribution in [0.15, 0.2) is 12.4 Å². The van der Waals surface area contributed by atoms with Gasteiger partial charge < -0.3 is 19.1 Å². The second kappa shape index (κ2) is 8.99. The van der Waals surface area contributed by atoms with Crippen molar-refractivity contribution in [2.75, 3.05) is 18.0 Å². The van der Waals surface area contributed by atoms with Gasteiger partial charge in [-0.1, -0.05) is 0 Å². The van der Waals surface area contributed by atoms with Crippen LogP contribution < -0.4 is 4.90 Å². The lowest BCUT2D eigenvalue weighted by Crippen LogP contribution is -2.47. The van der Waals surface area contributed by atoms with Gasteiger partial charge in [0.25, 0.3) is 0 Å². The maximum Gasteiger partial charge on any atom is 0.421 e. The van der Waals surface area contributed by atoms with Crippen LogP contribution in [-0.4, -0.2) is 68.7 Å². The molecule has 0 saturated carbocycles. The first-order valence-electron chi connectivity index (χ1n) is 10.7. The van der Waals surface area contributed by atoms with Crippen molar-refractivity contribution in [2.24, 2.45) is 0 Å². The third-order valence-corrected chi connectivity index (χ3v) is 4.20. The summed E-state index contributed by atoms with van der Waals surface area (Å²) in [7, 11) is 0. The molecule has 0 unspecified atom stereocenters. The Hall–Kier alpha value is -2.78. The third kappa shape index (κ3) is 7.13. The van der Waals surface area contributed by atoms with Gasteiger partial charge in [-0.2, -0.15) is 0 Å². The number of amides is 2. The molecule has 0 spiro atoms. The summed E-state index contributed by atoms with van der Waals surface area (Å²) in [4.78, 5) is 45.5. The summed E-state index contributed by atoms with van der Waals surface area (Å²) in [6.45, 7) is 16.5. The second-order valence-electron chi connectivity index (χ2n) is 10.8. The minimum absolute atomic E-state index is 0.0736. The van der Waals surface area contributed by atoms with E-state index in [9.17, 15) is 14.4 Å². The molecule has 0 radical (unpaired) electrons. The predicted molar refractivity (Wildman–Crippen MR) is 119 cm³/mol. The fourth-order valence-electron chi connectivity index (χ4n) is 3.08. The van der Waals surface area contributed by atoms with Crippen molar-refractivity contribution < 1.29 is 28.6 Å². The molecule has 2 heterocycles. The molecule has 2 amide bonds. The van der Waals surface area contributed by atoms with Crippen molar-refractivity contribution in [2.45, 2.75) is 91.6 Å². The average Bonchev–Trinajstić information content (AvgIpc) is 3.20. The highest BCUT2D eigenvalue weighted by Gasteiger charge is 2.40. The van der Waals surface area contributed by atoms with Gasteiger partial charge in [0.2, 0.25) is 5.95 Å². The van der Waals surface area contributed by atoms with Crippen LogP contribution in [0.3, 0.4) is 0 Å². The monoisotopic (exact) mass is 452 g/mol. The van der Waals surface area contributed by atoms with E-state index >= 15 is 0 Å². The minimum atomic E-state index is -0.762. The van der Waals surface area contributed by atoms with E-state index in [4.69, 9.17) is 14.2 Å². The van der Waals surface area contributed by atoms with Gasteiger partial charge in [-0.25, -0.2) is 28.8 Å². The molecule has 0 aliphatic carbocycles. The SMILES string of the molecule is CC(C)(C)OC(=O)N1CC[C@@H](N(C(=O)OC(C)(C)C)c2nccn2C(=O)OC(C)(C)C)C1. The Morgan fingerprint density at radius 2 is 1.44 bits per heavy atom. The summed E-state index contributed by atoms with van der Waals surface area (Å²) in [6.07, 6.45) is 1.53. The normalized spacial score (nSPS) is 17.2. The molecule has 180 valence electrons. The first kappa shape index (κ1) is 25.5. The molecular weight excluding hydrogens is 416 g/mol. The maximum absolute atomic E-state index is 13.2. The summed E-state index contributed by atoms with van der Waals surface area (Å²) in [6, 6.07) is -0.457. The van der Waals surface area contributed by atoms with Crippen LogP contribution in [0.25, 0.3) is 0 Å². The standard InChI is InChI=1S/C22H36N4O6/c1-20(2,3)30-17(27)24-12-10-15(14-24)26(19(29)32-22(7,8)9)16-23-11-13-25(16)18(28)31-21(4,5)6/h11,13,15H,10,12,14H2,1-9H3/t15-/m1/s1. The van der Waals surface area contributed by atoms with Crippen molar-refractivity contribution in [3.8, 4) is 0 Å². The number of ether oxygens (including phenoxy) is 3. The van der Waals surface area contributed by atoms with Gasteiger partial charge in [0.15, 0.2) is 0 Å². The van der Waals surface area contributed by atoms with Crippen LogP contribution >= 0.6 is 0 Å². The van der Waals surface area contributed by atoms with Gasteiger partial charge >= 0.3 is 18.3 Å². The van der Waals surface area contributed by atoms with Crippen LogP contribution in [-0.2, 0) is 14.2 Å². The zero-order valence-corrected chi connectivity index (χ0v) is 20.6. The lowest BCUT2D eigenvalue weighted by Gasteiger charge is -2.31. The lowest BCUT2D eigenvalue weighted by molar-refractivity contribution is 0.0286. The van der Waals surface area contributed by atoms with Crippen molar-refractivity contribution >= 4 is 24.2 Å².